The molecule has 2 nitrogen and oxygen atoms in total. The second kappa shape index (κ2) is 6.76. The van der Waals surface area contributed by atoms with Crippen LogP contribution >= 0.6 is 0 Å². The molecule has 0 saturated heterocycles. The molecule has 0 radical (unpaired) electrons. The Morgan fingerprint density at radius 1 is 1.21 bits per heavy atom. The van der Waals surface area contributed by atoms with Gasteiger partial charge in [-0.25, -0.2) is 0 Å². The Kier molecular flexibility index (Phi) is 5.03. The number of nitrogens with one attached hydrogen (secondary N) is 1. The third kappa shape index (κ3) is 3.60. The maximum Gasteiger partial charge on any atom is 0.0483 e. The maximum absolute atomic E-state index is 3.54. The van der Waals surface area contributed by atoms with Crippen molar-refractivity contribution in [3.8, 4) is 0 Å². The second-order valence-corrected chi connectivity index (χ2v) is 5.74. The summed E-state index contributed by atoms with van der Waals surface area (Å²) in [7, 11) is 0. The van der Waals surface area contributed by atoms with Gasteiger partial charge >= 0.3 is 0 Å². The van der Waals surface area contributed by atoms with Gasteiger partial charge in [-0.2, -0.15) is 0 Å². The van der Waals surface area contributed by atoms with Crippen molar-refractivity contribution >= 4 is 10.9 Å². The molecule has 0 atom stereocenters. The van der Waals surface area contributed by atoms with Crippen LogP contribution in [0.1, 0.15) is 39.2 Å². The van der Waals surface area contributed by atoms with Crippen molar-refractivity contribution in [1.29, 1.82) is 0 Å². The molecule has 1 aromatic heterocycles. The van der Waals surface area contributed by atoms with Crippen molar-refractivity contribution < 1.29 is 0 Å². The Hall–Kier alpha value is -1.28. The number of aryl methyl sites for hydroxylation is 1. The summed E-state index contributed by atoms with van der Waals surface area (Å²) in [6.45, 7) is 9.90. The van der Waals surface area contributed by atoms with Gasteiger partial charge in [0.1, 0.15) is 0 Å². The zero-order valence-corrected chi connectivity index (χ0v) is 12.4. The first-order valence-electron chi connectivity index (χ1n) is 7.49. The van der Waals surface area contributed by atoms with Crippen molar-refractivity contribution in [2.24, 2.45) is 5.92 Å². The standard InChI is InChI=1S/C17H26N2/c1-4-5-10-19-11-9-16-15(7-6-8-17(16)19)13-18-12-14(2)3/h6-9,11,14,18H,4-5,10,12-13H2,1-3H3. The van der Waals surface area contributed by atoms with Crippen LogP contribution in [0.5, 0.6) is 0 Å². The van der Waals surface area contributed by atoms with Crippen molar-refractivity contribution in [3.05, 3.63) is 36.0 Å². The van der Waals surface area contributed by atoms with Crippen molar-refractivity contribution in [1.82, 2.24) is 9.88 Å². The summed E-state index contributed by atoms with van der Waals surface area (Å²) in [5, 5.41) is 4.93. The van der Waals surface area contributed by atoms with E-state index in [1.54, 1.807) is 0 Å². The predicted molar refractivity (Wildman–Crippen MR) is 83.4 cm³/mol. The SMILES string of the molecule is CCCCn1ccc2c(CNCC(C)C)cccc21. The van der Waals surface area contributed by atoms with Crippen molar-refractivity contribution in [2.75, 3.05) is 6.54 Å². The second-order valence-electron chi connectivity index (χ2n) is 5.74. The fourth-order valence-corrected chi connectivity index (χ4v) is 2.46. The van der Waals surface area contributed by atoms with Gasteiger partial charge in [-0.05, 0) is 36.6 Å². The maximum atomic E-state index is 3.54. The average Bonchev–Trinajstić information content (AvgIpc) is 2.80. The van der Waals surface area contributed by atoms with Gasteiger partial charge in [-0.3, -0.25) is 0 Å². The molecule has 2 aromatic rings. The average molecular weight is 258 g/mol. The van der Waals surface area contributed by atoms with E-state index in [-0.39, 0.29) is 0 Å². The summed E-state index contributed by atoms with van der Waals surface area (Å²) in [4.78, 5) is 0. The molecule has 0 spiro atoms. The summed E-state index contributed by atoms with van der Waals surface area (Å²) in [6, 6.07) is 8.91. The van der Waals surface area contributed by atoms with E-state index in [0.717, 1.165) is 19.6 Å². The topological polar surface area (TPSA) is 17.0 Å². The van der Waals surface area contributed by atoms with Gasteiger partial charge in [0, 0.05) is 30.2 Å². The molecule has 0 unspecified atom stereocenters. The molecule has 1 aromatic carbocycles. The first-order valence-corrected chi connectivity index (χ1v) is 7.49. The fraction of sp³-hybridized carbons (Fsp3) is 0.529. The number of fused-ring (bicyclic) bond motifs is 1. The first-order chi connectivity index (χ1) is 9.22. The van der Waals surface area contributed by atoms with E-state index in [1.807, 2.05) is 0 Å². The minimum atomic E-state index is 0.702. The zero-order valence-electron chi connectivity index (χ0n) is 12.4. The lowest BCUT2D eigenvalue weighted by Gasteiger charge is -2.09. The van der Waals surface area contributed by atoms with Gasteiger partial charge in [0.25, 0.3) is 0 Å². The fourth-order valence-electron chi connectivity index (χ4n) is 2.46. The number of hydrogen-bond donors (Lipinski definition) is 1. The molecular formula is C17H26N2. The van der Waals surface area contributed by atoms with Crippen LogP contribution in [0.3, 0.4) is 0 Å². The van der Waals surface area contributed by atoms with Gasteiger partial charge in [0.15, 0.2) is 0 Å². The van der Waals surface area contributed by atoms with E-state index >= 15 is 0 Å². The highest BCUT2D eigenvalue weighted by Gasteiger charge is 2.05. The van der Waals surface area contributed by atoms with E-state index in [2.05, 4.69) is 61.1 Å². The Labute approximate surface area is 116 Å². The smallest absolute Gasteiger partial charge is 0.0483 e. The quantitative estimate of drug-likeness (QED) is 0.788. The van der Waals surface area contributed by atoms with Crippen LogP contribution in [0.25, 0.3) is 10.9 Å². The molecule has 0 aliphatic rings. The van der Waals surface area contributed by atoms with Crippen LogP contribution < -0.4 is 5.32 Å². The molecule has 104 valence electrons. The molecule has 0 fully saturated rings. The van der Waals surface area contributed by atoms with E-state index in [9.17, 15) is 0 Å². The number of rotatable bonds is 7. The van der Waals surface area contributed by atoms with E-state index in [4.69, 9.17) is 0 Å². The molecular weight excluding hydrogens is 232 g/mol. The Morgan fingerprint density at radius 2 is 2.05 bits per heavy atom. The molecule has 0 bridgehead atoms. The summed E-state index contributed by atoms with van der Waals surface area (Å²) >= 11 is 0. The minimum Gasteiger partial charge on any atom is -0.347 e. The highest BCUT2D eigenvalue weighted by molar-refractivity contribution is 5.83. The molecule has 0 aliphatic carbocycles. The lowest BCUT2D eigenvalue weighted by molar-refractivity contribution is 0.553. The lowest BCUT2D eigenvalue weighted by Crippen LogP contribution is -2.19. The molecule has 0 amide bonds. The molecule has 19 heavy (non-hydrogen) atoms. The lowest BCUT2D eigenvalue weighted by atomic mass is 10.1. The van der Waals surface area contributed by atoms with Gasteiger partial charge in [-0.1, -0.05) is 39.3 Å². The Bertz CT molecular complexity index is 511. The number of nitrogens with zero attached hydrogens (tertiary/aromatic N) is 1. The highest BCUT2D eigenvalue weighted by atomic mass is 14.9. The third-order valence-electron chi connectivity index (χ3n) is 3.52. The van der Waals surface area contributed by atoms with Gasteiger partial charge in [0.2, 0.25) is 0 Å². The highest BCUT2D eigenvalue weighted by Crippen LogP contribution is 2.20. The Morgan fingerprint density at radius 3 is 2.79 bits per heavy atom. The van der Waals surface area contributed by atoms with Crippen LogP contribution in [0, 0.1) is 5.92 Å². The van der Waals surface area contributed by atoms with Crippen LogP contribution in [0.4, 0.5) is 0 Å². The number of benzene rings is 1. The Balaban J connectivity index is 2.14. The molecule has 1 N–H and O–H groups in total. The van der Waals surface area contributed by atoms with Gasteiger partial charge < -0.3 is 9.88 Å². The molecule has 0 aliphatic heterocycles. The number of aromatic nitrogens is 1. The number of unbranched alkanes of at least 4 members (excludes halogenated alkanes) is 1. The molecule has 0 saturated carbocycles. The van der Waals surface area contributed by atoms with Crippen LogP contribution in [0.2, 0.25) is 0 Å². The number of hydrogen-bond acceptors (Lipinski definition) is 1. The van der Waals surface area contributed by atoms with Crippen molar-refractivity contribution in [3.63, 3.8) is 0 Å². The van der Waals surface area contributed by atoms with Crippen LogP contribution in [-0.4, -0.2) is 11.1 Å². The summed E-state index contributed by atoms with van der Waals surface area (Å²) in [5.41, 5.74) is 2.78. The van der Waals surface area contributed by atoms with Gasteiger partial charge in [-0.15, -0.1) is 0 Å². The van der Waals surface area contributed by atoms with E-state index in [1.165, 1.54) is 29.3 Å². The van der Waals surface area contributed by atoms with Crippen LogP contribution in [0.15, 0.2) is 30.5 Å². The van der Waals surface area contributed by atoms with Gasteiger partial charge in [0.05, 0.1) is 0 Å². The molecule has 2 heteroatoms. The van der Waals surface area contributed by atoms with Crippen molar-refractivity contribution in [2.45, 2.75) is 46.7 Å². The molecule has 1 heterocycles. The van der Waals surface area contributed by atoms with E-state index in [0.29, 0.717) is 5.92 Å². The normalized spacial score (nSPS) is 11.6. The predicted octanol–water partition coefficient (Wildman–Crippen LogP) is 4.19. The largest absolute Gasteiger partial charge is 0.347 e. The third-order valence-corrected chi connectivity index (χ3v) is 3.52. The first kappa shape index (κ1) is 14.1. The summed E-state index contributed by atoms with van der Waals surface area (Å²) in [6.07, 6.45) is 4.72. The van der Waals surface area contributed by atoms with E-state index < -0.39 is 0 Å². The minimum absolute atomic E-state index is 0.702. The molecule has 2 rings (SSSR count). The summed E-state index contributed by atoms with van der Waals surface area (Å²) in [5.74, 6) is 0.702. The monoisotopic (exact) mass is 258 g/mol. The zero-order chi connectivity index (χ0) is 13.7. The summed E-state index contributed by atoms with van der Waals surface area (Å²) < 4.78 is 2.38. The van der Waals surface area contributed by atoms with Crippen LogP contribution in [-0.2, 0) is 13.1 Å².